The van der Waals surface area contributed by atoms with Crippen molar-refractivity contribution in [3.8, 4) is 0 Å². The van der Waals surface area contributed by atoms with Gasteiger partial charge in [0.25, 0.3) is 0 Å². The molecule has 1 saturated carbocycles. The summed E-state index contributed by atoms with van der Waals surface area (Å²) in [6.07, 6.45) is 2.28. The van der Waals surface area contributed by atoms with Crippen molar-refractivity contribution in [2.75, 3.05) is 0 Å². The number of hydrogen-bond donors (Lipinski definition) is 2. The van der Waals surface area contributed by atoms with Crippen molar-refractivity contribution in [1.29, 1.82) is 0 Å². The van der Waals surface area contributed by atoms with Crippen LogP contribution < -0.4 is 11.3 Å². The fourth-order valence-electron chi connectivity index (χ4n) is 3.14. The van der Waals surface area contributed by atoms with Crippen LogP contribution in [0.2, 0.25) is 0 Å². The molecule has 0 heterocycles. The molecular formula is C18H22N2. The third-order valence-electron chi connectivity index (χ3n) is 4.39. The Morgan fingerprint density at radius 3 is 2.65 bits per heavy atom. The summed E-state index contributed by atoms with van der Waals surface area (Å²) < 4.78 is 0. The highest BCUT2D eigenvalue weighted by molar-refractivity contribution is 5.32. The quantitative estimate of drug-likeness (QED) is 0.641. The van der Waals surface area contributed by atoms with E-state index in [1.54, 1.807) is 0 Å². The van der Waals surface area contributed by atoms with Gasteiger partial charge in [-0.2, -0.15) is 0 Å². The highest BCUT2D eigenvalue weighted by Gasteiger charge is 2.43. The van der Waals surface area contributed by atoms with E-state index in [1.807, 2.05) is 0 Å². The molecule has 2 heteroatoms. The van der Waals surface area contributed by atoms with Crippen LogP contribution in [0.1, 0.15) is 42.0 Å². The van der Waals surface area contributed by atoms with Crippen molar-refractivity contribution >= 4 is 0 Å². The smallest absolute Gasteiger partial charge is 0.0494 e. The van der Waals surface area contributed by atoms with E-state index in [2.05, 4.69) is 66.9 Å². The Hall–Kier alpha value is -1.64. The van der Waals surface area contributed by atoms with Crippen LogP contribution in [-0.4, -0.2) is 0 Å². The molecule has 20 heavy (non-hydrogen) atoms. The molecule has 3 rings (SSSR count). The van der Waals surface area contributed by atoms with Gasteiger partial charge in [0.05, 0.1) is 0 Å². The average Bonchev–Trinajstić information content (AvgIpc) is 3.30. The summed E-state index contributed by atoms with van der Waals surface area (Å²) in [4.78, 5) is 0. The number of benzene rings is 2. The molecule has 0 amide bonds. The lowest BCUT2D eigenvalue weighted by Crippen LogP contribution is -2.30. The molecule has 1 aliphatic rings. The van der Waals surface area contributed by atoms with Gasteiger partial charge in [0.2, 0.25) is 0 Å². The van der Waals surface area contributed by atoms with Gasteiger partial charge in [0.1, 0.15) is 0 Å². The first-order valence-corrected chi connectivity index (χ1v) is 7.43. The molecule has 0 aliphatic heterocycles. The molecule has 104 valence electrons. The third kappa shape index (κ3) is 2.62. The second kappa shape index (κ2) is 5.78. The van der Waals surface area contributed by atoms with Crippen molar-refractivity contribution in [2.24, 2.45) is 11.8 Å². The maximum absolute atomic E-state index is 5.83. The highest BCUT2D eigenvalue weighted by Crippen LogP contribution is 2.53. The zero-order valence-electron chi connectivity index (χ0n) is 11.9. The molecule has 0 spiro atoms. The first-order chi connectivity index (χ1) is 9.83. The summed E-state index contributed by atoms with van der Waals surface area (Å²) in [5.74, 6) is 7.07. The standard InChI is InChI=1S/C18H22N2/c1-2-13-7-6-10-15(11-13)18(20-19)17-12-16(17)14-8-4-3-5-9-14/h3-11,16-18,20H,2,12,19H2,1H3. The van der Waals surface area contributed by atoms with Crippen LogP contribution >= 0.6 is 0 Å². The second-order valence-corrected chi connectivity index (χ2v) is 5.66. The first kappa shape index (κ1) is 13.3. The lowest BCUT2D eigenvalue weighted by Gasteiger charge is -2.17. The number of nitrogens with two attached hydrogens (primary N) is 1. The lowest BCUT2D eigenvalue weighted by atomic mass is 9.97. The third-order valence-corrected chi connectivity index (χ3v) is 4.39. The van der Waals surface area contributed by atoms with Crippen molar-refractivity contribution in [3.05, 3.63) is 71.3 Å². The zero-order chi connectivity index (χ0) is 13.9. The predicted molar refractivity (Wildman–Crippen MR) is 83.2 cm³/mol. The molecule has 1 fully saturated rings. The van der Waals surface area contributed by atoms with Crippen molar-refractivity contribution in [3.63, 3.8) is 0 Å². The van der Waals surface area contributed by atoms with E-state index in [9.17, 15) is 0 Å². The van der Waals surface area contributed by atoms with Crippen LogP contribution in [0.15, 0.2) is 54.6 Å². The summed E-state index contributed by atoms with van der Waals surface area (Å²) in [7, 11) is 0. The maximum atomic E-state index is 5.83. The Bertz CT molecular complexity index is 565. The van der Waals surface area contributed by atoms with Gasteiger partial charge >= 0.3 is 0 Å². The fraction of sp³-hybridized carbons (Fsp3) is 0.333. The summed E-state index contributed by atoms with van der Waals surface area (Å²) in [5, 5.41) is 0. The van der Waals surface area contributed by atoms with Crippen molar-refractivity contribution in [2.45, 2.75) is 31.7 Å². The summed E-state index contributed by atoms with van der Waals surface area (Å²) >= 11 is 0. The van der Waals surface area contributed by atoms with Gasteiger partial charge in [-0.05, 0) is 41.4 Å². The average molecular weight is 266 g/mol. The normalized spacial score (nSPS) is 22.5. The van der Waals surface area contributed by atoms with E-state index in [4.69, 9.17) is 5.84 Å². The number of nitrogens with one attached hydrogen (secondary N) is 1. The van der Waals surface area contributed by atoms with Crippen LogP contribution in [0.25, 0.3) is 0 Å². The number of rotatable bonds is 5. The molecule has 3 atom stereocenters. The van der Waals surface area contributed by atoms with Crippen molar-refractivity contribution in [1.82, 2.24) is 5.43 Å². The summed E-state index contributed by atoms with van der Waals surface area (Å²) in [6, 6.07) is 19.8. The van der Waals surface area contributed by atoms with E-state index in [-0.39, 0.29) is 6.04 Å². The molecule has 0 bridgehead atoms. The minimum absolute atomic E-state index is 0.256. The Morgan fingerprint density at radius 2 is 1.95 bits per heavy atom. The van der Waals surface area contributed by atoms with Crippen LogP contribution in [0.5, 0.6) is 0 Å². The minimum atomic E-state index is 0.256. The monoisotopic (exact) mass is 266 g/mol. The van der Waals surface area contributed by atoms with E-state index < -0.39 is 0 Å². The molecule has 0 aromatic heterocycles. The van der Waals surface area contributed by atoms with Gasteiger partial charge in [-0.25, -0.2) is 0 Å². The lowest BCUT2D eigenvalue weighted by molar-refractivity contribution is 0.487. The molecule has 3 N–H and O–H groups in total. The molecule has 3 unspecified atom stereocenters. The van der Waals surface area contributed by atoms with Crippen LogP contribution in [0.3, 0.4) is 0 Å². The van der Waals surface area contributed by atoms with Gasteiger partial charge in [-0.3, -0.25) is 11.3 Å². The molecule has 0 radical (unpaired) electrons. The van der Waals surface area contributed by atoms with E-state index in [0.29, 0.717) is 11.8 Å². The summed E-state index contributed by atoms with van der Waals surface area (Å²) in [6.45, 7) is 2.19. The van der Waals surface area contributed by atoms with Crippen LogP contribution in [0.4, 0.5) is 0 Å². The second-order valence-electron chi connectivity index (χ2n) is 5.66. The minimum Gasteiger partial charge on any atom is -0.271 e. The zero-order valence-corrected chi connectivity index (χ0v) is 11.9. The Morgan fingerprint density at radius 1 is 1.15 bits per heavy atom. The largest absolute Gasteiger partial charge is 0.271 e. The molecular weight excluding hydrogens is 244 g/mol. The SMILES string of the molecule is CCc1cccc(C(NN)C2CC2c2ccccc2)c1. The maximum Gasteiger partial charge on any atom is 0.0494 e. The van der Waals surface area contributed by atoms with Gasteiger partial charge in [0.15, 0.2) is 0 Å². The Balaban J connectivity index is 1.78. The van der Waals surface area contributed by atoms with E-state index in [0.717, 1.165) is 6.42 Å². The van der Waals surface area contributed by atoms with Crippen LogP contribution in [0, 0.1) is 5.92 Å². The predicted octanol–water partition coefficient (Wildman–Crippen LogP) is 3.56. The molecule has 2 aromatic rings. The molecule has 2 nitrogen and oxygen atoms in total. The van der Waals surface area contributed by atoms with Gasteiger partial charge in [0, 0.05) is 6.04 Å². The number of aryl methyl sites for hydroxylation is 1. The summed E-state index contributed by atoms with van der Waals surface area (Å²) in [5.41, 5.74) is 7.16. The number of hydrazine groups is 1. The van der Waals surface area contributed by atoms with Gasteiger partial charge < -0.3 is 0 Å². The van der Waals surface area contributed by atoms with E-state index >= 15 is 0 Å². The topological polar surface area (TPSA) is 38.0 Å². The van der Waals surface area contributed by atoms with Gasteiger partial charge in [-0.15, -0.1) is 0 Å². The Labute approximate surface area is 121 Å². The molecule has 0 saturated heterocycles. The van der Waals surface area contributed by atoms with E-state index in [1.165, 1.54) is 23.1 Å². The fourth-order valence-corrected chi connectivity index (χ4v) is 3.14. The van der Waals surface area contributed by atoms with Crippen molar-refractivity contribution < 1.29 is 0 Å². The van der Waals surface area contributed by atoms with Crippen LogP contribution in [-0.2, 0) is 6.42 Å². The highest BCUT2D eigenvalue weighted by atomic mass is 15.2. The first-order valence-electron chi connectivity index (χ1n) is 7.43. The Kier molecular flexibility index (Phi) is 3.86. The number of hydrogen-bond acceptors (Lipinski definition) is 2. The van der Waals surface area contributed by atoms with Gasteiger partial charge in [-0.1, -0.05) is 61.5 Å². The molecule has 1 aliphatic carbocycles. The molecule has 2 aromatic carbocycles.